The molecule has 0 unspecified atom stereocenters. The third-order valence-corrected chi connectivity index (χ3v) is 5.23. The molecule has 3 rings (SSSR count). The van der Waals surface area contributed by atoms with Gasteiger partial charge >= 0.3 is 5.97 Å². The Kier molecular flexibility index (Phi) is 7.05. The Labute approximate surface area is 184 Å². The molecule has 0 radical (unpaired) electrons. The first kappa shape index (κ1) is 21.8. The monoisotopic (exact) mass is 469 g/mol. The summed E-state index contributed by atoms with van der Waals surface area (Å²) in [6.07, 6.45) is 1.90. The Bertz CT molecular complexity index is 1060. The summed E-state index contributed by atoms with van der Waals surface area (Å²) in [6.45, 7) is 5.80. The Morgan fingerprint density at radius 2 is 1.70 bits per heavy atom. The van der Waals surface area contributed by atoms with E-state index in [1.807, 2.05) is 0 Å². The summed E-state index contributed by atoms with van der Waals surface area (Å²) in [6, 6.07) is 13.8. The van der Waals surface area contributed by atoms with Crippen LogP contribution in [0.15, 0.2) is 53.0 Å². The smallest absolute Gasteiger partial charge is 0.336 e. The molecule has 0 bridgehead atoms. The fourth-order valence-electron chi connectivity index (χ4n) is 3.31. The molecule has 0 atom stereocenters. The number of anilines is 2. The molecule has 1 heterocycles. The molecule has 0 saturated carbocycles. The molecule has 0 fully saturated rings. The van der Waals surface area contributed by atoms with Crippen molar-refractivity contribution in [1.29, 1.82) is 0 Å². The van der Waals surface area contributed by atoms with Crippen molar-refractivity contribution in [3.63, 3.8) is 0 Å². The Morgan fingerprint density at radius 1 is 1.03 bits per heavy atom. The highest BCUT2D eigenvalue weighted by Crippen LogP contribution is 2.27. The molecule has 0 aliphatic heterocycles. The molecule has 6 nitrogen and oxygen atoms in total. The lowest BCUT2D eigenvalue weighted by molar-refractivity contribution is 0.0698. The molecule has 2 aromatic carbocycles. The third kappa shape index (κ3) is 4.97. The molecule has 30 heavy (non-hydrogen) atoms. The minimum absolute atomic E-state index is 0.173. The number of nitrogens with one attached hydrogen (secondary N) is 1. The Hall–Kier alpha value is -2.93. The number of carboxylic acid groups (broad SMARTS) is 1. The van der Waals surface area contributed by atoms with Gasteiger partial charge < -0.3 is 15.3 Å². The molecule has 1 amide bonds. The van der Waals surface area contributed by atoms with Gasteiger partial charge in [-0.25, -0.2) is 9.78 Å². The SMILES string of the molecule is CCCN(CCC)c1cc(C(=O)O)c2cc(NC(=O)c3ccc(Br)cc3)ccc2n1. The van der Waals surface area contributed by atoms with E-state index in [1.165, 1.54) is 0 Å². The van der Waals surface area contributed by atoms with Gasteiger partial charge in [0.15, 0.2) is 0 Å². The lowest BCUT2D eigenvalue weighted by Crippen LogP contribution is -2.26. The molecular weight excluding hydrogens is 446 g/mol. The molecule has 2 N–H and O–H groups in total. The minimum Gasteiger partial charge on any atom is -0.478 e. The van der Waals surface area contributed by atoms with Crippen LogP contribution in [0.5, 0.6) is 0 Å². The number of aromatic nitrogens is 1. The number of nitrogens with zero attached hydrogens (tertiary/aromatic N) is 2. The van der Waals surface area contributed by atoms with Crippen molar-refractivity contribution >= 4 is 50.2 Å². The van der Waals surface area contributed by atoms with Gasteiger partial charge in [0.1, 0.15) is 5.82 Å². The summed E-state index contributed by atoms with van der Waals surface area (Å²) >= 11 is 3.35. The Balaban J connectivity index is 1.97. The highest BCUT2D eigenvalue weighted by Gasteiger charge is 2.16. The molecule has 3 aromatic rings. The highest BCUT2D eigenvalue weighted by atomic mass is 79.9. The summed E-state index contributed by atoms with van der Waals surface area (Å²) in [5.41, 5.74) is 1.79. The highest BCUT2D eigenvalue weighted by molar-refractivity contribution is 9.10. The van der Waals surface area contributed by atoms with Gasteiger partial charge in [0, 0.05) is 34.2 Å². The molecule has 156 valence electrons. The van der Waals surface area contributed by atoms with Crippen molar-refractivity contribution < 1.29 is 14.7 Å². The second kappa shape index (κ2) is 9.71. The molecule has 0 aliphatic carbocycles. The van der Waals surface area contributed by atoms with Crippen molar-refractivity contribution in [2.24, 2.45) is 0 Å². The van der Waals surface area contributed by atoms with E-state index < -0.39 is 5.97 Å². The second-order valence-corrected chi connectivity index (χ2v) is 7.93. The van der Waals surface area contributed by atoms with Crippen molar-refractivity contribution in [2.45, 2.75) is 26.7 Å². The lowest BCUT2D eigenvalue weighted by Gasteiger charge is -2.23. The topological polar surface area (TPSA) is 82.5 Å². The average molecular weight is 470 g/mol. The van der Waals surface area contributed by atoms with Crippen LogP contribution in [-0.4, -0.2) is 35.1 Å². The van der Waals surface area contributed by atoms with Crippen LogP contribution in [0.3, 0.4) is 0 Å². The largest absolute Gasteiger partial charge is 0.478 e. The van der Waals surface area contributed by atoms with Gasteiger partial charge in [-0.1, -0.05) is 29.8 Å². The average Bonchev–Trinajstić information content (AvgIpc) is 2.73. The van der Waals surface area contributed by atoms with Crippen LogP contribution in [0.25, 0.3) is 10.9 Å². The number of rotatable bonds is 8. The number of halogens is 1. The fraction of sp³-hybridized carbons (Fsp3) is 0.261. The number of carboxylic acids is 1. The maximum atomic E-state index is 12.5. The zero-order valence-electron chi connectivity index (χ0n) is 17.0. The molecule has 1 aromatic heterocycles. The number of fused-ring (bicyclic) bond motifs is 1. The number of carbonyl (C=O) groups excluding carboxylic acids is 1. The summed E-state index contributed by atoms with van der Waals surface area (Å²) in [5.74, 6) is -0.622. The summed E-state index contributed by atoms with van der Waals surface area (Å²) in [5, 5.41) is 13.1. The zero-order chi connectivity index (χ0) is 21.7. The van der Waals surface area contributed by atoms with Crippen molar-refractivity contribution in [3.8, 4) is 0 Å². The number of benzene rings is 2. The van der Waals surface area contributed by atoms with Crippen LogP contribution >= 0.6 is 15.9 Å². The van der Waals surface area contributed by atoms with E-state index in [0.29, 0.717) is 28.0 Å². The second-order valence-electron chi connectivity index (χ2n) is 7.01. The summed E-state index contributed by atoms with van der Waals surface area (Å²) in [4.78, 5) is 31.3. The van der Waals surface area contributed by atoms with Gasteiger partial charge in [-0.05, 0) is 61.4 Å². The van der Waals surface area contributed by atoms with Crippen LogP contribution in [0.2, 0.25) is 0 Å². The number of aromatic carboxylic acids is 1. The zero-order valence-corrected chi connectivity index (χ0v) is 18.6. The van der Waals surface area contributed by atoms with Gasteiger partial charge in [-0.2, -0.15) is 0 Å². The molecule has 0 saturated heterocycles. The lowest BCUT2D eigenvalue weighted by atomic mass is 10.1. The first-order valence-corrected chi connectivity index (χ1v) is 10.7. The van der Waals surface area contributed by atoms with E-state index in [1.54, 1.807) is 48.5 Å². The molecule has 0 spiro atoms. The molecule has 7 heteroatoms. The van der Waals surface area contributed by atoms with E-state index in [2.05, 4.69) is 45.0 Å². The molecular formula is C23H24BrN3O3. The number of amides is 1. The summed E-state index contributed by atoms with van der Waals surface area (Å²) in [7, 11) is 0. The third-order valence-electron chi connectivity index (χ3n) is 4.70. The van der Waals surface area contributed by atoms with E-state index in [9.17, 15) is 14.7 Å². The number of pyridine rings is 1. The van der Waals surface area contributed by atoms with Gasteiger partial charge in [0.25, 0.3) is 5.91 Å². The first-order chi connectivity index (χ1) is 14.4. The van der Waals surface area contributed by atoms with Crippen molar-refractivity contribution in [2.75, 3.05) is 23.3 Å². The van der Waals surface area contributed by atoms with Crippen LogP contribution in [0.1, 0.15) is 47.4 Å². The number of hydrogen-bond donors (Lipinski definition) is 2. The Morgan fingerprint density at radius 3 is 2.30 bits per heavy atom. The number of carbonyl (C=O) groups is 2. The van der Waals surface area contributed by atoms with Crippen LogP contribution in [0.4, 0.5) is 11.5 Å². The number of hydrogen-bond acceptors (Lipinski definition) is 4. The fourth-order valence-corrected chi connectivity index (χ4v) is 3.58. The van der Waals surface area contributed by atoms with Gasteiger partial charge in [0.2, 0.25) is 0 Å². The summed E-state index contributed by atoms with van der Waals surface area (Å²) < 4.78 is 0.887. The minimum atomic E-state index is -1.02. The van der Waals surface area contributed by atoms with Gasteiger partial charge in [-0.15, -0.1) is 0 Å². The van der Waals surface area contributed by atoms with E-state index in [4.69, 9.17) is 0 Å². The van der Waals surface area contributed by atoms with E-state index in [0.717, 1.165) is 30.4 Å². The standard InChI is InChI=1S/C23H24BrN3O3/c1-3-11-27(12-4-2)21-14-19(23(29)30)18-13-17(9-10-20(18)26-21)25-22(28)15-5-7-16(24)8-6-15/h5-10,13-14H,3-4,11-12H2,1-2H3,(H,25,28)(H,29,30). The van der Waals surface area contributed by atoms with Crippen LogP contribution in [-0.2, 0) is 0 Å². The van der Waals surface area contributed by atoms with Gasteiger partial charge in [0.05, 0.1) is 11.1 Å². The van der Waals surface area contributed by atoms with Crippen molar-refractivity contribution in [1.82, 2.24) is 4.98 Å². The normalized spacial score (nSPS) is 10.8. The van der Waals surface area contributed by atoms with E-state index in [-0.39, 0.29) is 11.5 Å². The maximum Gasteiger partial charge on any atom is 0.336 e. The van der Waals surface area contributed by atoms with Crippen molar-refractivity contribution in [3.05, 3.63) is 64.1 Å². The van der Waals surface area contributed by atoms with E-state index >= 15 is 0 Å². The first-order valence-electron chi connectivity index (χ1n) is 9.93. The molecule has 0 aliphatic rings. The quantitative estimate of drug-likeness (QED) is 0.450. The van der Waals surface area contributed by atoms with Crippen LogP contribution in [0, 0.1) is 0 Å². The predicted octanol–water partition coefficient (Wildman–Crippen LogP) is 5.57. The predicted molar refractivity (Wildman–Crippen MR) is 124 cm³/mol. The maximum absolute atomic E-state index is 12.5. The van der Waals surface area contributed by atoms with Crippen LogP contribution < -0.4 is 10.2 Å². The van der Waals surface area contributed by atoms with Gasteiger partial charge in [-0.3, -0.25) is 4.79 Å².